The van der Waals surface area contributed by atoms with Crippen LogP contribution < -0.4 is 5.32 Å². The van der Waals surface area contributed by atoms with Gasteiger partial charge in [0.2, 0.25) is 5.37 Å². The highest BCUT2D eigenvalue weighted by atomic mass is 32.2. The molecule has 3 heterocycles. The second-order valence-electron chi connectivity index (χ2n) is 7.38. The van der Waals surface area contributed by atoms with Crippen LogP contribution in [0.5, 0.6) is 0 Å². The highest BCUT2D eigenvalue weighted by molar-refractivity contribution is 8.02. The molecule has 1 aromatic heterocycles. The van der Waals surface area contributed by atoms with Crippen LogP contribution in [0.2, 0.25) is 0 Å². The van der Waals surface area contributed by atoms with Gasteiger partial charge in [0.1, 0.15) is 17.1 Å². The summed E-state index contributed by atoms with van der Waals surface area (Å²) in [5, 5.41) is 13.1. The third-order valence-corrected chi connectivity index (χ3v) is 6.33. The number of aromatic nitrogens is 2. The quantitative estimate of drug-likeness (QED) is 0.292. The molecule has 2 unspecified atom stereocenters. The van der Waals surface area contributed by atoms with Gasteiger partial charge < -0.3 is 19.7 Å². The number of β-lactam (4-membered cyclic amide) rings is 1. The molecule has 1 aromatic rings. The Morgan fingerprint density at radius 2 is 2.07 bits per heavy atom. The number of nitrogens with one attached hydrogen (secondary N) is 1. The lowest BCUT2D eigenvalue weighted by Gasteiger charge is -2.48. The summed E-state index contributed by atoms with van der Waals surface area (Å²) in [4.78, 5) is 45.4. The van der Waals surface area contributed by atoms with E-state index in [1.807, 2.05) is 0 Å². The van der Waals surface area contributed by atoms with Gasteiger partial charge in [0.15, 0.2) is 11.2 Å². The summed E-state index contributed by atoms with van der Waals surface area (Å²) in [5.41, 5.74) is -0.783. The molecule has 30 heavy (non-hydrogen) atoms. The summed E-state index contributed by atoms with van der Waals surface area (Å²) in [6.07, 6.45) is 3.80. The van der Waals surface area contributed by atoms with E-state index in [0.717, 1.165) is 16.7 Å². The second-order valence-corrected chi connectivity index (χ2v) is 9.78. The number of carbonyl (C=O) groups excluding carboxylic acids is 2. The Morgan fingerprint density at radius 1 is 1.40 bits per heavy atom. The average Bonchev–Trinajstić information content (AvgIpc) is 2.65. The summed E-state index contributed by atoms with van der Waals surface area (Å²) in [7, 11) is 0. The van der Waals surface area contributed by atoms with E-state index in [1.54, 1.807) is 44.6 Å². The minimum absolute atomic E-state index is 0.0741. The fourth-order valence-corrected chi connectivity index (χ4v) is 5.13. The number of fused-ring (bicyclic) bond motifs is 1. The van der Waals surface area contributed by atoms with E-state index in [-0.39, 0.29) is 17.0 Å². The zero-order valence-electron chi connectivity index (χ0n) is 16.4. The Balaban J connectivity index is 1.77. The molecule has 0 aliphatic carbocycles. The third kappa shape index (κ3) is 4.77. The van der Waals surface area contributed by atoms with E-state index in [1.165, 1.54) is 6.08 Å². The maximum absolute atomic E-state index is 12.7. The van der Waals surface area contributed by atoms with Crippen LogP contribution in [0.1, 0.15) is 20.8 Å². The first-order valence-corrected chi connectivity index (χ1v) is 11.1. The molecule has 12 heteroatoms. The van der Waals surface area contributed by atoms with Crippen molar-refractivity contribution in [3.05, 3.63) is 41.2 Å². The van der Waals surface area contributed by atoms with E-state index in [4.69, 9.17) is 4.74 Å². The number of carboxylic acids is 1. The molecule has 0 aromatic carbocycles. The molecule has 1 saturated heterocycles. The van der Waals surface area contributed by atoms with Crippen LogP contribution in [-0.2, 0) is 25.5 Å². The van der Waals surface area contributed by atoms with Gasteiger partial charge in [-0.15, -0.1) is 0 Å². The van der Waals surface area contributed by atoms with E-state index in [2.05, 4.69) is 15.3 Å². The number of hydrogen-bond acceptors (Lipinski definition) is 8. The van der Waals surface area contributed by atoms with Crippen molar-refractivity contribution < 1.29 is 28.8 Å². The minimum atomic E-state index is -1.61. The second kappa shape index (κ2) is 8.66. The number of aliphatic carboxylic acids is 1. The van der Waals surface area contributed by atoms with Gasteiger partial charge in [0.05, 0.1) is 0 Å². The monoisotopic (exact) mass is 452 g/mol. The number of allylic oxidation sites excluding steroid dienone is 1. The van der Waals surface area contributed by atoms with E-state index in [9.17, 15) is 24.0 Å². The summed E-state index contributed by atoms with van der Waals surface area (Å²) >= 11 is -0.454. The van der Waals surface area contributed by atoms with Crippen molar-refractivity contribution >= 4 is 40.9 Å². The number of ether oxygens (including phenoxy) is 1. The molecule has 2 aliphatic rings. The molecule has 0 saturated carbocycles. The third-order valence-electron chi connectivity index (χ3n) is 4.01. The summed E-state index contributed by atoms with van der Waals surface area (Å²) in [6.45, 7) is 5.01. The minimum Gasteiger partial charge on any atom is -0.614 e. The number of carbonyl (C=O) groups is 3. The van der Waals surface area contributed by atoms with Gasteiger partial charge in [-0.3, -0.25) is 9.69 Å². The number of amides is 2. The highest BCUT2D eigenvalue weighted by Crippen LogP contribution is 2.37. The van der Waals surface area contributed by atoms with Crippen LogP contribution in [-0.4, -0.2) is 65.3 Å². The molecular formula is C18H20N4O6S2. The van der Waals surface area contributed by atoms with Gasteiger partial charge >= 0.3 is 12.1 Å². The van der Waals surface area contributed by atoms with Crippen LogP contribution >= 0.6 is 11.8 Å². The molecule has 3 atom stereocenters. The standard InChI is InChI=1S/C18H20N4O6S2/c1-18(2,3)28-17(26)21-11-13(23)22-12(15(24)25)10(9-30(27)14(11)22)5-8-29-16-19-6-4-7-20-16/h4-8,11,14H,9H2,1-3H3,(H,21,26)(H,24,25)/b8-5+/t11?,14-,30?/m1/s1. The van der Waals surface area contributed by atoms with E-state index < -0.39 is 46.2 Å². The van der Waals surface area contributed by atoms with E-state index >= 15 is 0 Å². The first kappa shape index (κ1) is 22.1. The topological polar surface area (TPSA) is 145 Å². The molecule has 2 amide bonds. The number of nitrogens with zero attached hydrogens (tertiary/aromatic N) is 3. The van der Waals surface area contributed by atoms with Crippen LogP contribution in [0.4, 0.5) is 4.79 Å². The van der Waals surface area contributed by atoms with Gasteiger partial charge in [-0.05, 0) is 49.5 Å². The molecule has 1 fully saturated rings. The molecule has 10 nitrogen and oxygen atoms in total. The number of hydrogen-bond donors (Lipinski definition) is 2. The van der Waals surface area contributed by atoms with Gasteiger partial charge in [-0.25, -0.2) is 19.6 Å². The number of carboxylic acid groups (broad SMARTS) is 1. The van der Waals surface area contributed by atoms with E-state index in [0.29, 0.717) is 5.16 Å². The van der Waals surface area contributed by atoms with Crippen molar-refractivity contribution in [2.45, 2.75) is 42.9 Å². The fraction of sp³-hybridized carbons (Fsp3) is 0.389. The lowest BCUT2D eigenvalue weighted by molar-refractivity contribution is -0.149. The predicted octanol–water partition coefficient (Wildman–Crippen LogP) is 1.24. The first-order chi connectivity index (χ1) is 14.1. The maximum atomic E-state index is 12.7. The van der Waals surface area contributed by atoms with Gasteiger partial charge in [0, 0.05) is 18.0 Å². The van der Waals surface area contributed by atoms with Gasteiger partial charge in [0.25, 0.3) is 5.91 Å². The number of thioether (sulfide) groups is 1. The Hall–Kier alpha value is -2.57. The predicted molar refractivity (Wildman–Crippen MR) is 108 cm³/mol. The average molecular weight is 453 g/mol. The maximum Gasteiger partial charge on any atom is 0.408 e. The summed E-state index contributed by atoms with van der Waals surface area (Å²) in [5.74, 6) is -2.04. The zero-order valence-corrected chi connectivity index (χ0v) is 18.0. The van der Waals surface area contributed by atoms with Crippen molar-refractivity contribution in [3.63, 3.8) is 0 Å². The summed E-state index contributed by atoms with van der Waals surface area (Å²) in [6, 6.07) is 0.563. The van der Waals surface area contributed by atoms with Crippen molar-refractivity contribution in [2.75, 3.05) is 5.75 Å². The Morgan fingerprint density at radius 3 is 2.67 bits per heavy atom. The molecule has 2 aliphatic heterocycles. The molecule has 160 valence electrons. The van der Waals surface area contributed by atoms with Crippen LogP contribution in [0.3, 0.4) is 0 Å². The molecule has 2 N–H and O–H groups in total. The van der Waals surface area contributed by atoms with Crippen molar-refractivity contribution in [1.82, 2.24) is 20.2 Å². The molecule has 3 rings (SSSR count). The number of rotatable bonds is 5. The van der Waals surface area contributed by atoms with Crippen LogP contribution in [0, 0.1) is 0 Å². The largest absolute Gasteiger partial charge is 0.614 e. The smallest absolute Gasteiger partial charge is 0.408 e. The molecule has 0 radical (unpaired) electrons. The molecule has 0 bridgehead atoms. The number of alkyl carbamates (subject to hydrolysis) is 1. The van der Waals surface area contributed by atoms with Crippen molar-refractivity contribution in [3.8, 4) is 0 Å². The Labute approximate surface area is 180 Å². The zero-order chi connectivity index (χ0) is 22.1. The van der Waals surface area contributed by atoms with Crippen LogP contribution in [0.15, 0.2) is 46.4 Å². The lowest BCUT2D eigenvalue weighted by atomic mass is 10.0. The van der Waals surface area contributed by atoms with Crippen molar-refractivity contribution in [2.24, 2.45) is 0 Å². The highest BCUT2D eigenvalue weighted by Gasteiger charge is 2.61. The normalized spacial score (nSPS) is 23.8. The first-order valence-electron chi connectivity index (χ1n) is 8.85. The molecule has 0 spiro atoms. The molecular weight excluding hydrogens is 432 g/mol. The Bertz CT molecular complexity index is 915. The van der Waals surface area contributed by atoms with Gasteiger partial charge in [-0.1, -0.05) is 11.8 Å². The van der Waals surface area contributed by atoms with Gasteiger partial charge in [-0.2, -0.15) is 0 Å². The van der Waals surface area contributed by atoms with Crippen molar-refractivity contribution in [1.29, 1.82) is 0 Å². The Kier molecular flexibility index (Phi) is 6.38. The fourth-order valence-electron chi connectivity index (χ4n) is 2.89. The van der Waals surface area contributed by atoms with Crippen LogP contribution in [0.25, 0.3) is 0 Å². The SMILES string of the molecule is CC(C)(C)OC(=O)NC1C(=O)N2C(C(=O)O)=C(/C=C/Sc3ncccn3)C[S+]([O-])[C@H]12. The lowest BCUT2D eigenvalue weighted by Crippen LogP contribution is -2.74. The summed E-state index contributed by atoms with van der Waals surface area (Å²) < 4.78 is 17.8.